The highest BCUT2D eigenvalue weighted by molar-refractivity contribution is 6.30. The molecular formula is C19H17ClN4O2. The van der Waals surface area contributed by atoms with Crippen molar-refractivity contribution in [2.75, 3.05) is 0 Å². The van der Waals surface area contributed by atoms with Gasteiger partial charge in [-0.2, -0.15) is 5.10 Å². The van der Waals surface area contributed by atoms with Crippen LogP contribution in [0, 0.1) is 0 Å². The van der Waals surface area contributed by atoms with Crippen molar-refractivity contribution in [3.63, 3.8) is 0 Å². The number of hydrogen-bond donors (Lipinski definition) is 1. The second kappa shape index (κ2) is 7.49. The minimum absolute atomic E-state index is 0.0292. The second-order valence-corrected chi connectivity index (χ2v) is 6.22. The highest BCUT2D eigenvalue weighted by Gasteiger charge is 2.16. The van der Waals surface area contributed by atoms with Gasteiger partial charge in [-0.3, -0.25) is 14.6 Å². The van der Waals surface area contributed by atoms with Gasteiger partial charge in [-0.05, 0) is 42.7 Å². The first kappa shape index (κ1) is 17.8. The van der Waals surface area contributed by atoms with E-state index in [1.54, 1.807) is 19.2 Å². The van der Waals surface area contributed by atoms with Gasteiger partial charge < -0.3 is 5.73 Å². The molecule has 1 aromatic carbocycles. The van der Waals surface area contributed by atoms with Gasteiger partial charge in [0, 0.05) is 29.4 Å². The van der Waals surface area contributed by atoms with Gasteiger partial charge in [-0.1, -0.05) is 29.8 Å². The van der Waals surface area contributed by atoms with E-state index in [2.05, 4.69) is 10.1 Å². The van der Waals surface area contributed by atoms with E-state index in [0.29, 0.717) is 29.2 Å². The van der Waals surface area contributed by atoms with Crippen LogP contribution in [-0.4, -0.2) is 20.7 Å². The van der Waals surface area contributed by atoms with E-state index in [0.717, 1.165) is 11.1 Å². The first-order chi connectivity index (χ1) is 12.5. The topological polar surface area (TPSA) is 90.9 Å². The van der Waals surface area contributed by atoms with Crippen molar-refractivity contribution in [1.82, 2.24) is 14.8 Å². The molecule has 0 aliphatic rings. The Kier molecular flexibility index (Phi) is 5.14. The SMILES string of the molecule is CCn1nc(C(N)=O)c(-c2ccc(Cc3cccc(Cl)c3)cn2)cc1=O. The Morgan fingerprint density at radius 3 is 2.62 bits per heavy atom. The summed E-state index contributed by atoms with van der Waals surface area (Å²) in [6.07, 6.45) is 2.37. The summed E-state index contributed by atoms with van der Waals surface area (Å²) in [4.78, 5) is 28.2. The molecule has 3 rings (SSSR count). The van der Waals surface area contributed by atoms with Crippen LogP contribution in [0.5, 0.6) is 0 Å². The maximum Gasteiger partial charge on any atom is 0.269 e. The number of carbonyl (C=O) groups excluding carboxylic acids is 1. The highest BCUT2D eigenvalue weighted by atomic mass is 35.5. The number of rotatable bonds is 5. The molecule has 0 radical (unpaired) electrons. The van der Waals surface area contributed by atoms with E-state index >= 15 is 0 Å². The highest BCUT2D eigenvalue weighted by Crippen LogP contribution is 2.20. The number of pyridine rings is 1. The van der Waals surface area contributed by atoms with Crippen molar-refractivity contribution >= 4 is 17.5 Å². The Morgan fingerprint density at radius 2 is 2.00 bits per heavy atom. The number of hydrogen-bond acceptors (Lipinski definition) is 4. The van der Waals surface area contributed by atoms with Crippen molar-refractivity contribution in [3.05, 3.63) is 80.9 Å². The van der Waals surface area contributed by atoms with Gasteiger partial charge in [-0.25, -0.2) is 4.68 Å². The summed E-state index contributed by atoms with van der Waals surface area (Å²) < 4.78 is 1.19. The Hall–Kier alpha value is -2.99. The average Bonchev–Trinajstić information content (AvgIpc) is 2.62. The van der Waals surface area contributed by atoms with Crippen LogP contribution in [0.25, 0.3) is 11.3 Å². The molecule has 0 unspecified atom stereocenters. The van der Waals surface area contributed by atoms with Gasteiger partial charge in [0.05, 0.1) is 5.69 Å². The maximum absolute atomic E-state index is 12.1. The van der Waals surface area contributed by atoms with Crippen molar-refractivity contribution in [3.8, 4) is 11.3 Å². The number of halogens is 1. The van der Waals surface area contributed by atoms with E-state index in [1.807, 2.05) is 30.3 Å². The number of primary amides is 1. The Bertz CT molecular complexity index is 1010. The van der Waals surface area contributed by atoms with E-state index in [9.17, 15) is 9.59 Å². The first-order valence-electron chi connectivity index (χ1n) is 8.09. The Balaban J connectivity index is 1.95. The molecule has 0 fully saturated rings. The molecule has 7 heteroatoms. The van der Waals surface area contributed by atoms with Crippen LogP contribution < -0.4 is 11.3 Å². The lowest BCUT2D eigenvalue weighted by Gasteiger charge is -2.09. The minimum Gasteiger partial charge on any atom is -0.364 e. The average molecular weight is 369 g/mol. The van der Waals surface area contributed by atoms with Gasteiger partial charge >= 0.3 is 0 Å². The summed E-state index contributed by atoms with van der Waals surface area (Å²) in [5.74, 6) is -0.702. The molecule has 2 N–H and O–H groups in total. The van der Waals surface area contributed by atoms with Gasteiger partial charge in [0.1, 0.15) is 0 Å². The molecule has 0 bridgehead atoms. The van der Waals surface area contributed by atoms with Crippen LogP contribution in [0.15, 0.2) is 53.5 Å². The zero-order valence-electron chi connectivity index (χ0n) is 14.1. The monoisotopic (exact) mass is 368 g/mol. The van der Waals surface area contributed by atoms with Crippen LogP contribution in [0.2, 0.25) is 5.02 Å². The number of aromatic nitrogens is 3. The fraction of sp³-hybridized carbons (Fsp3) is 0.158. The third-order valence-electron chi connectivity index (χ3n) is 3.93. The normalized spacial score (nSPS) is 10.7. The number of nitrogens with two attached hydrogens (primary N) is 1. The molecule has 0 aliphatic heterocycles. The Labute approximate surface area is 155 Å². The minimum atomic E-state index is -0.702. The van der Waals surface area contributed by atoms with Crippen LogP contribution in [0.4, 0.5) is 0 Å². The molecule has 0 atom stereocenters. The quantitative estimate of drug-likeness (QED) is 0.749. The second-order valence-electron chi connectivity index (χ2n) is 5.78. The molecule has 2 aromatic heterocycles. The van der Waals surface area contributed by atoms with E-state index in [4.69, 9.17) is 17.3 Å². The number of aryl methyl sites for hydroxylation is 1. The fourth-order valence-electron chi connectivity index (χ4n) is 2.67. The van der Waals surface area contributed by atoms with Crippen molar-refractivity contribution in [2.45, 2.75) is 19.9 Å². The molecule has 26 heavy (non-hydrogen) atoms. The molecule has 0 saturated heterocycles. The number of carbonyl (C=O) groups is 1. The van der Waals surface area contributed by atoms with Gasteiger partial charge in [0.15, 0.2) is 5.69 Å². The van der Waals surface area contributed by atoms with Crippen molar-refractivity contribution in [1.29, 1.82) is 0 Å². The molecular weight excluding hydrogens is 352 g/mol. The predicted octanol–water partition coefficient (Wildman–Crippen LogP) is 2.67. The number of benzene rings is 1. The predicted molar refractivity (Wildman–Crippen MR) is 100 cm³/mol. The Morgan fingerprint density at radius 1 is 1.19 bits per heavy atom. The number of amides is 1. The molecule has 3 aromatic rings. The van der Waals surface area contributed by atoms with Crippen molar-refractivity contribution < 1.29 is 4.79 Å². The van der Waals surface area contributed by atoms with Crippen LogP contribution in [-0.2, 0) is 13.0 Å². The van der Waals surface area contributed by atoms with Crippen molar-refractivity contribution in [2.24, 2.45) is 5.73 Å². The number of nitrogens with zero attached hydrogens (tertiary/aromatic N) is 3. The summed E-state index contributed by atoms with van der Waals surface area (Å²) in [5, 5.41) is 4.72. The largest absolute Gasteiger partial charge is 0.364 e. The summed E-state index contributed by atoms with van der Waals surface area (Å²) >= 11 is 6.00. The third-order valence-corrected chi connectivity index (χ3v) is 4.16. The van der Waals surface area contributed by atoms with Crippen LogP contribution in [0.3, 0.4) is 0 Å². The smallest absolute Gasteiger partial charge is 0.269 e. The van der Waals surface area contributed by atoms with Gasteiger partial charge in [-0.15, -0.1) is 0 Å². The third kappa shape index (κ3) is 3.81. The van der Waals surface area contributed by atoms with Crippen LogP contribution >= 0.6 is 11.6 Å². The summed E-state index contributed by atoms with van der Waals surface area (Å²) in [6.45, 7) is 2.12. The van der Waals surface area contributed by atoms with E-state index < -0.39 is 5.91 Å². The zero-order chi connectivity index (χ0) is 18.7. The molecule has 132 valence electrons. The fourth-order valence-corrected chi connectivity index (χ4v) is 2.88. The molecule has 0 aliphatic carbocycles. The maximum atomic E-state index is 12.1. The summed E-state index contributed by atoms with van der Waals surface area (Å²) in [5.41, 5.74) is 7.99. The molecule has 2 heterocycles. The van der Waals surface area contributed by atoms with Gasteiger partial charge in [0.25, 0.3) is 11.5 Å². The molecule has 0 spiro atoms. The molecule has 1 amide bonds. The molecule has 6 nitrogen and oxygen atoms in total. The van der Waals surface area contributed by atoms with Crippen LogP contribution in [0.1, 0.15) is 28.5 Å². The standard InChI is InChI=1S/C19H17ClN4O2/c1-2-24-17(25)10-15(18(23-24)19(21)26)16-7-6-13(11-22-16)8-12-4-3-5-14(20)9-12/h3-7,9-11H,2,8H2,1H3,(H2,21,26). The molecule has 0 saturated carbocycles. The summed E-state index contributed by atoms with van der Waals surface area (Å²) in [6, 6.07) is 12.6. The lowest BCUT2D eigenvalue weighted by Crippen LogP contribution is -2.27. The summed E-state index contributed by atoms with van der Waals surface area (Å²) in [7, 11) is 0. The van der Waals surface area contributed by atoms with E-state index in [-0.39, 0.29) is 11.3 Å². The first-order valence-corrected chi connectivity index (χ1v) is 8.47. The lowest BCUT2D eigenvalue weighted by molar-refractivity contribution is 0.0994. The lowest BCUT2D eigenvalue weighted by atomic mass is 10.0. The van der Waals surface area contributed by atoms with E-state index in [1.165, 1.54) is 10.7 Å². The van der Waals surface area contributed by atoms with Gasteiger partial charge in [0.2, 0.25) is 0 Å². The zero-order valence-corrected chi connectivity index (χ0v) is 14.9.